The number of carbonyl (C=O) groups is 1. The molecule has 0 unspecified atom stereocenters. The largest absolute Gasteiger partial charge is 0.378 e. The lowest BCUT2D eigenvalue weighted by molar-refractivity contribution is -0.115. The molecular weight excluding hydrogens is 426 g/mol. The van der Waals surface area contributed by atoms with Crippen molar-refractivity contribution in [3.05, 3.63) is 76.7 Å². The normalized spacial score (nSPS) is 15.7. The fourth-order valence-electron chi connectivity index (χ4n) is 2.92. The van der Waals surface area contributed by atoms with Gasteiger partial charge in [0.2, 0.25) is 0 Å². The highest BCUT2D eigenvalue weighted by Crippen LogP contribution is 2.35. The van der Waals surface area contributed by atoms with Crippen molar-refractivity contribution in [3.63, 3.8) is 0 Å². The van der Waals surface area contributed by atoms with Gasteiger partial charge in [-0.3, -0.25) is 4.79 Å². The van der Waals surface area contributed by atoms with E-state index < -0.39 is 10.1 Å². The molecule has 1 saturated heterocycles. The summed E-state index contributed by atoms with van der Waals surface area (Å²) in [7, 11) is -4.04. The summed E-state index contributed by atoms with van der Waals surface area (Å²) >= 11 is 6.17. The van der Waals surface area contributed by atoms with Crippen LogP contribution in [0.2, 0.25) is 0 Å². The zero-order valence-corrected chi connectivity index (χ0v) is 17.7. The number of aryl methyl sites for hydroxylation is 1. The van der Waals surface area contributed by atoms with E-state index in [1.54, 1.807) is 30.3 Å². The van der Waals surface area contributed by atoms with Crippen LogP contribution < -0.4 is 9.50 Å². The molecule has 3 aromatic carbocycles. The van der Waals surface area contributed by atoms with Gasteiger partial charge in [0.1, 0.15) is 9.22 Å². The molecule has 0 aromatic heterocycles. The molecule has 8 heteroatoms. The number of benzene rings is 3. The van der Waals surface area contributed by atoms with Crippen molar-refractivity contribution in [3.8, 4) is 5.75 Å². The topological polar surface area (TPSA) is 72.5 Å². The van der Waals surface area contributed by atoms with Gasteiger partial charge in [0.25, 0.3) is 5.91 Å². The lowest BCUT2D eigenvalue weighted by atomic mass is 10.0. The first-order valence-electron chi connectivity index (χ1n) is 8.61. The van der Waals surface area contributed by atoms with E-state index in [1.165, 1.54) is 12.1 Å². The van der Waals surface area contributed by atoms with Crippen molar-refractivity contribution in [1.29, 1.82) is 0 Å². The van der Waals surface area contributed by atoms with Gasteiger partial charge in [-0.2, -0.15) is 8.42 Å². The maximum absolute atomic E-state index is 12.8. The molecule has 1 heterocycles. The Bertz CT molecular complexity index is 1280. The van der Waals surface area contributed by atoms with Crippen LogP contribution in [0.15, 0.2) is 70.5 Å². The molecule has 0 saturated carbocycles. The molecule has 1 fully saturated rings. The number of hydrogen-bond donors (Lipinski definition) is 1. The fraction of sp³-hybridized carbons (Fsp3) is 0.0476. The first kappa shape index (κ1) is 19.6. The highest BCUT2D eigenvalue weighted by Gasteiger charge is 2.24. The molecule has 0 radical (unpaired) electrons. The Morgan fingerprint density at radius 3 is 2.45 bits per heavy atom. The molecular formula is C21H15NO4S3. The van der Waals surface area contributed by atoms with Crippen LogP contribution in [0.3, 0.4) is 0 Å². The van der Waals surface area contributed by atoms with Gasteiger partial charge in [-0.15, -0.1) is 0 Å². The minimum absolute atomic E-state index is 0.0593. The SMILES string of the molecule is Cc1ccc(S(=O)(=O)Oc2ccc3ccccc3c2C=C2SC(=S)NC2=O)cc1. The molecule has 146 valence electrons. The number of hydrogen-bond acceptors (Lipinski definition) is 6. The van der Waals surface area contributed by atoms with E-state index in [-0.39, 0.29) is 16.6 Å². The first-order valence-corrected chi connectivity index (χ1v) is 11.2. The van der Waals surface area contributed by atoms with Crippen molar-refractivity contribution in [2.45, 2.75) is 11.8 Å². The van der Waals surface area contributed by atoms with Gasteiger partial charge in [0.15, 0.2) is 5.75 Å². The van der Waals surface area contributed by atoms with Gasteiger partial charge in [0.05, 0.1) is 4.91 Å². The predicted octanol–water partition coefficient (Wildman–Crippen LogP) is 4.40. The van der Waals surface area contributed by atoms with Crippen LogP contribution in [0, 0.1) is 6.92 Å². The minimum atomic E-state index is -4.04. The fourth-order valence-corrected chi connectivity index (χ4v) is 4.89. The molecule has 0 atom stereocenters. The van der Waals surface area contributed by atoms with Gasteiger partial charge >= 0.3 is 10.1 Å². The average molecular weight is 442 g/mol. The van der Waals surface area contributed by atoms with Gasteiger partial charge in [-0.05, 0) is 42.0 Å². The van der Waals surface area contributed by atoms with Gasteiger partial charge in [-0.1, -0.05) is 72.0 Å². The maximum Gasteiger partial charge on any atom is 0.339 e. The summed E-state index contributed by atoms with van der Waals surface area (Å²) < 4.78 is 31.5. The third kappa shape index (κ3) is 4.05. The molecule has 4 rings (SSSR count). The van der Waals surface area contributed by atoms with Crippen LogP contribution in [0.5, 0.6) is 5.75 Å². The Morgan fingerprint density at radius 2 is 1.76 bits per heavy atom. The third-order valence-electron chi connectivity index (χ3n) is 4.36. The van der Waals surface area contributed by atoms with Crippen LogP contribution in [-0.2, 0) is 14.9 Å². The summed E-state index contributed by atoms with van der Waals surface area (Å²) in [5, 5.41) is 4.22. The van der Waals surface area contributed by atoms with Crippen LogP contribution >= 0.6 is 24.0 Å². The van der Waals surface area contributed by atoms with Crippen LogP contribution in [-0.4, -0.2) is 18.6 Å². The zero-order valence-electron chi connectivity index (χ0n) is 15.2. The van der Waals surface area contributed by atoms with E-state index in [2.05, 4.69) is 5.32 Å². The first-order chi connectivity index (χ1) is 13.8. The van der Waals surface area contributed by atoms with Crippen LogP contribution in [0.1, 0.15) is 11.1 Å². The Kier molecular flexibility index (Phi) is 5.16. The summed E-state index contributed by atoms with van der Waals surface area (Å²) in [5.74, 6) is -0.178. The lowest BCUT2D eigenvalue weighted by Gasteiger charge is -2.12. The van der Waals surface area contributed by atoms with Gasteiger partial charge < -0.3 is 9.50 Å². The summed E-state index contributed by atoms with van der Waals surface area (Å²) in [6.45, 7) is 1.87. The Balaban J connectivity index is 1.84. The quantitative estimate of drug-likeness (QED) is 0.367. The van der Waals surface area contributed by atoms with Crippen LogP contribution in [0.4, 0.5) is 0 Å². The number of thiocarbonyl (C=S) groups is 1. The van der Waals surface area contributed by atoms with E-state index >= 15 is 0 Å². The number of amides is 1. The second-order valence-electron chi connectivity index (χ2n) is 6.40. The Labute approximate surface area is 177 Å². The van der Waals surface area contributed by atoms with E-state index in [0.29, 0.717) is 14.8 Å². The highest BCUT2D eigenvalue weighted by atomic mass is 32.2. The lowest BCUT2D eigenvalue weighted by Crippen LogP contribution is -2.17. The molecule has 0 spiro atoms. The number of carbonyl (C=O) groups excluding carboxylic acids is 1. The standard InChI is InChI=1S/C21H15NO4S3/c1-13-6-9-15(10-7-13)29(24,25)26-18-11-8-14-4-2-3-5-16(14)17(18)12-19-20(23)22-21(27)28-19/h2-12H,1H3,(H,22,23,27). The van der Waals surface area contributed by atoms with Crippen molar-refractivity contribution in [1.82, 2.24) is 5.32 Å². The predicted molar refractivity (Wildman–Crippen MR) is 119 cm³/mol. The monoisotopic (exact) mass is 441 g/mol. The Hall–Kier alpha value is -2.68. The van der Waals surface area contributed by atoms with Crippen molar-refractivity contribution in [2.24, 2.45) is 0 Å². The Morgan fingerprint density at radius 1 is 1.03 bits per heavy atom. The van der Waals surface area contributed by atoms with Crippen molar-refractivity contribution in [2.75, 3.05) is 0 Å². The highest BCUT2D eigenvalue weighted by molar-refractivity contribution is 8.26. The summed E-state index contributed by atoms with van der Waals surface area (Å²) in [5.41, 5.74) is 1.45. The molecule has 1 aliphatic rings. The second kappa shape index (κ2) is 7.62. The maximum atomic E-state index is 12.8. The number of rotatable bonds is 4. The average Bonchev–Trinajstić information content (AvgIpc) is 3.00. The molecule has 1 amide bonds. The van der Waals surface area contributed by atoms with E-state index in [0.717, 1.165) is 28.1 Å². The van der Waals surface area contributed by atoms with Gasteiger partial charge in [-0.25, -0.2) is 0 Å². The summed E-state index contributed by atoms with van der Waals surface area (Å²) in [6, 6.07) is 17.3. The van der Waals surface area contributed by atoms with E-state index in [9.17, 15) is 13.2 Å². The van der Waals surface area contributed by atoms with Crippen molar-refractivity contribution >= 4 is 61.2 Å². The number of fused-ring (bicyclic) bond motifs is 1. The molecule has 1 aliphatic heterocycles. The number of thioether (sulfide) groups is 1. The summed E-state index contributed by atoms with van der Waals surface area (Å²) in [6.07, 6.45) is 1.61. The zero-order chi connectivity index (χ0) is 20.6. The second-order valence-corrected chi connectivity index (χ2v) is 9.67. The van der Waals surface area contributed by atoms with E-state index in [4.69, 9.17) is 16.4 Å². The molecule has 5 nitrogen and oxygen atoms in total. The molecule has 1 N–H and O–H groups in total. The van der Waals surface area contributed by atoms with Crippen molar-refractivity contribution < 1.29 is 17.4 Å². The molecule has 3 aromatic rings. The summed E-state index contributed by atoms with van der Waals surface area (Å²) in [4.78, 5) is 12.6. The smallest absolute Gasteiger partial charge is 0.339 e. The van der Waals surface area contributed by atoms with Gasteiger partial charge in [0, 0.05) is 5.56 Å². The number of nitrogens with one attached hydrogen (secondary N) is 1. The molecule has 29 heavy (non-hydrogen) atoms. The minimum Gasteiger partial charge on any atom is -0.378 e. The van der Waals surface area contributed by atoms with E-state index in [1.807, 2.05) is 31.2 Å². The third-order valence-corrected chi connectivity index (χ3v) is 6.77. The molecule has 0 bridgehead atoms. The molecule has 0 aliphatic carbocycles. The van der Waals surface area contributed by atoms with Crippen LogP contribution in [0.25, 0.3) is 16.8 Å².